The molecule has 0 unspecified atom stereocenters. The Labute approximate surface area is 175 Å². The van der Waals surface area contributed by atoms with E-state index in [1.807, 2.05) is 29.2 Å². The Hall–Kier alpha value is -2.57. The van der Waals surface area contributed by atoms with E-state index in [0.29, 0.717) is 24.2 Å². The van der Waals surface area contributed by atoms with Gasteiger partial charge in [-0.2, -0.15) is 0 Å². The van der Waals surface area contributed by atoms with Crippen molar-refractivity contribution in [2.75, 3.05) is 44.2 Å². The van der Waals surface area contributed by atoms with Gasteiger partial charge >= 0.3 is 0 Å². The predicted molar refractivity (Wildman–Crippen MR) is 114 cm³/mol. The molecule has 1 fully saturated rings. The van der Waals surface area contributed by atoms with Crippen LogP contribution in [0.15, 0.2) is 42.5 Å². The van der Waals surface area contributed by atoms with E-state index in [2.05, 4.69) is 15.9 Å². The lowest BCUT2D eigenvalue weighted by Crippen LogP contribution is -2.47. The van der Waals surface area contributed by atoms with Gasteiger partial charge < -0.3 is 15.5 Å². The molecule has 6 nitrogen and oxygen atoms in total. The Kier molecular flexibility index (Phi) is 5.74. The highest BCUT2D eigenvalue weighted by atomic mass is 35.5. The van der Waals surface area contributed by atoms with Gasteiger partial charge in [0, 0.05) is 50.0 Å². The summed E-state index contributed by atoms with van der Waals surface area (Å²) >= 11 is 6.10. The van der Waals surface area contributed by atoms with Gasteiger partial charge in [-0.05, 0) is 42.8 Å². The van der Waals surface area contributed by atoms with E-state index in [1.54, 1.807) is 12.1 Å². The monoisotopic (exact) mass is 412 g/mol. The zero-order chi connectivity index (χ0) is 20.4. The minimum atomic E-state index is -0.547. The van der Waals surface area contributed by atoms with Crippen LogP contribution < -0.4 is 10.6 Å². The summed E-state index contributed by atoms with van der Waals surface area (Å²) in [6, 6.07) is 13.3. The van der Waals surface area contributed by atoms with Crippen LogP contribution >= 0.6 is 11.6 Å². The maximum absolute atomic E-state index is 12.7. The minimum Gasteiger partial charge on any atom is -0.369 e. The second kappa shape index (κ2) is 8.43. The van der Waals surface area contributed by atoms with Crippen LogP contribution in [0.3, 0.4) is 0 Å². The summed E-state index contributed by atoms with van der Waals surface area (Å²) < 4.78 is 0. The highest BCUT2D eigenvalue weighted by Gasteiger charge is 2.30. The zero-order valence-corrected chi connectivity index (χ0v) is 17.1. The molecule has 0 radical (unpaired) electrons. The summed E-state index contributed by atoms with van der Waals surface area (Å²) in [7, 11) is 0. The molecule has 0 saturated carbocycles. The van der Waals surface area contributed by atoms with Gasteiger partial charge in [0.25, 0.3) is 5.91 Å². The molecule has 1 saturated heterocycles. The van der Waals surface area contributed by atoms with Crippen LogP contribution in [0.25, 0.3) is 0 Å². The third kappa shape index (κ3) is 4.23. The lowest BCUT2D eigenvalue weighted by Gasteiger charge is -2.36. The topological polar surface area (TPSA) is 69.9 Å². The van der Waals surface area contributed by atoms with Gasteiger partial charge in [-0.25, -0.2) is 0 Å². The first kappa shape index (κ1) is 19.7. The molecule has 0 bridgehead atoms. The number of nitrogens with zero attached hydrogens (tertiary/aromatic N) is 3. The molecule has 2 aliphatic rings. The fourth-order valence-electron chi connectivity index (χ4n) is 4.19. The van der Waals surface area contributed by atoms with Gasteiger partial charge in [0.2, 0.25) is 5.91 Å². The lowest BCUT2D eigenvalue weighted by atomic mass is 10.0. The third-order valence-corrected chi connectivity index (χ3v) is 5.96. The Morgan fingerprint density at radius 3 is 2.52 bits per heavy atom. The van der Waals surface area contributed by atoms with Crippen molar-refractivity contribution in [2.45, 2.75) is 13.0 Å². The van der Waals surface area contributed by atoms with Crippen LogP contribution in [0.1, 0.15) is 32.7 Å². The number of rotatable bonds is 6. The van der Waals surface area contributed by atoms with Crippen molar-refractivity contribution < 1.29 is 9.59 Å². The zero-order valence-electron chi connectivity index (χ0n) is 16.3. The van der Waals surface area contributed by atoms with E-state index in [1.165, 1.54) is 5.69 Å². The number of halogens is 1. The highest BCUT2D eigenvalue weighted by Crippen LogP contribution is 2.26. The number of primary amides is 1. The number of fused-ring (bicyclic) bond motifs is 1. The molecule has 0 aliphatic carbocycles. The standard InChI is InChI=1S/C22H25ClN4O2/c23-17-5-2-6-18(14-17)26-12-10-25(11-13-26)8-3-9-27-15-16-4-1-7-19(21(24)28)20(16)22(27)29/h1-2,4-7,14H,3,8-13,15H2,(H2,24,28). The van der Waals surface area contributed by atoms with Crippen LogP contribution in [0, 0.1) is 0 Å². The van der Waals surface area contributed by atoms with Gasteiger partial charge in [-0.1, -0.05) is 29.8 Å². The molecular weight excluding hydrogens is 388 g/mol. The van der Waals surface area contributed by atoms with Gasteiger partial charge in [-0.15, -0.1) is 0 Å². The average molecular weight is 413 g/mol. The first-order chi connectivity index (χ1) is 14.0. The summed E-state index contributed by atoms with van der Waals surface area (Å²) in [6.07, 6.45) is 0.906. The number of piperazine rings is 1. The summed E-state index contributed by atoms with van der Waals surface area (Å²) in [4.78, 5) is 30.9. The summed E-state index contributed by atoms with van der Waals surface area (Å²) in [5, 5.41) is 0.765. The van der Waals surface area contributed by atoms with Crippen molar-refractivity contribution in [2.24, 2.45) is 5.73 Å². The lowest BCUT2D eigenvalue weighted by molar-refractivity contribution is 0.0766. The van der Waals surface area contributed by atoms with Crippen LogP contribution in [-0.4, -0.2) is 60.9 Å². The van der Waals surface area contributed by atoms with E-state index in [0.717, 1.165) is 49.7 Å². The Morgan fingerprint density at radius 2 is 1.79 bits per heavy atom. The number of hydrogen-bond donors (Lipinski definition) is 1. The second-order valence-corrected chi connectivity index (χ2v) is 8.03. The number of anilines is 1. The quantitative estimate of drug-likeness (QED) is 0.791. The number of nitrogens with two attached hydrogens (primary N) is 1. The first-order valence-corrected chi connectivity index (χ1v) is 10.3. The molecule has 0 aromatic heterocycles. The maximum atomic E-state index is 12.7. The fourth-order valence-corrected chi connectivity index (χ4v) is 4.38. The third-order valence-electron chi connectivity index (χ3n) is 5.73. The highest BCUT2D eigenvalue weighted by molar-refractivity contribution is 6.30. The van der Waals surface area contributed by atoms with Crippen LogP contribution in [0.2, 0.25) is 5.02 Å². The van der Waals surface area contributed by atoms with Gasteiger partial charge in [-0.3, -0.25) is 14.5 Å². The second-order valence-electron chi connectivity index (χ2n) is 7.59. The molecule has 0 atom stereocenters. The number of benzene rings is 2. The molecule has 29 heavy (non-hydrogen) atoms. The van der Waals surface area contributed by atoms with E-state index >= 15 is 0 Å². The summed E-state index contributed by atoms with van der Waals surface area (Å²) in [6.45, 7) is 6.11. The fraction of sp³-hybridized carbons (Fsp3) is 0.364. The number of hydrogen-bond acceptors (Lipinski definition) is 4. The molecule has 152 valence electrons. The number of carbonyl (C=O) groups excluding carboxylic acids is 2. The van der Waals surface area contributed by atoms with E-state index < -0.39 is 5.91 Å². The molecule has 2 aliphatic heterocycles. The van der Waals surface area contributed by atoms with Gasteiger partial charge in [0.1, 0.15) is 0 Å². The van der Waals surface area contributed by atoms with E-state index in [-0.39, 0.29) is 5.91 Å². The normalized spacial score (nSPS) is 16.9. The SMILES string of the molecule is NC(=O)c1cccc2c1C(=O)N(CCCN1CCN(c3cccc(Cl)c3)CC1)C2. The van der Waals surface area contributed by atoms with Crippen molar-refractivity contribution in [3.63, 3.8) is 0 Å². The number of amides is 2. The Balaban J connectivity index is 1.26. The molecule has 2 N–H and O–H groups in total. The molecule has 2 amide bonds. The van der Waals surface area contributed by atoms with Gasteiger partial charge in [0.15, 0.2) is 0 Å². The Bertz CT molecular complexity index is 925. The Morgan fingerprint density at radius 1 is 1.03 bits per heavy atom. The van der Waals surface area contributed by atoms with Crippen molar-refractivity contribution in [1.29, 1.82) is 0 Å². The number of carbonyl (C=O) groups is 2. The van der Waals surface area contributed by atoms with Gasteiger partial charge in [0.05, 0.1) is 11.1 Å². The van der Waals surface area contributed by atoms with E-state index in [9.17, 15) is 9.59 Å². The van der Waals surface area contributed by atoms with Crippen LogP contribution in [0.5, 0.6) is 0 Å². The van der Waals surface area contributed by atoms with Crippen LogP contribution in [0.4, 0.5) is 5.69 Å². The van der Waals surface area contributed by atoms with Crippen molar-refractivity contribution in [1.82, 2.24) is 9.80 Å². The smallest absolute Gasteiger partial charge is 0.255 e. The van der Waals surface area contributed by atoms with E-state index in [4.69, 9.17) is 17.3 Å². The maximum Gasteiger partial charge on any atom is 0.255 e. The molecule has 2 heterocycles. The largest absolute Gasteiger partial charge is 0.369 e. The minimum absolute atomic E-state index is 0.0832. The first-order valence-electron chi connectivity index (χ1n) is 9.97. The summed E-state index contributed by atoms with van der Waals surface area (Å²) in [5.74, 6) is -0.630. The molecule has 7 heteroatoms. The summed E-state index contributed by atoms with van der Waals surface area (Å²) in [5.41, 5.74) is 8.29. The van der Waals surface area contributed by atoms with Crippen LogP contribution in [-0.2, 0) is 6.54 Å². The predicted octanol–water partition coefficient (Wildman–Crippen LogP) is 2.61. The van der Waals surface area contributed by atoms with Crippen molar-refractivity contribution in [3.05, 3.63) is 64.2 Å². The molecule has 2 aromatic carbocycles. The molecule has 2 aromatic rings. The average Bonchev–Trinajstić information content (AvgIpc) is 3.04. The van der Waals surface area contributed by atoms with Crippen molar-refractivity contribution in [3.8, 4) is 0 Å². The molecule has 0 spiro atoms. The van der Waals surface area contributed by atoms with Crippen molar-refractivity contribution >= 4 is 29.1 Å². The molecule has 4 rings (SSSR count). The molecular formula is C22H25ClN4O2.